The second-order valence-corrected chi connectivity index (χ2v) is 3.90. The zero-order valence-electron chi connectivity index (χ0n) is 9.93. The van der Waals surface area contributed by atoms with Crippen LogP contribution in [0.4, 0.5) is 4.39 Å². The maximum absolute atomic E-state index is 13.4. The second-order valence-electron chi connectivity index (χ2n) is 3.90. The van der Waals surface area contributed by atoms with E-state index in [4.69, 9.17) is 4.52 Å². The molecular formula is C12H14FN3O2. The van der Waals surface area contributed by atoms with Crippen LogP contribution in [0.2, 0.25) is 0 Å². The number of aryl methyl sites for hydroxylation is 1. The number of benzene rings is 1. The van der Waals surface area contributed by atoms with Crippen LogP contribution in [0.5, 0.6) is 0 Å². The quantitative estimate of drug-likeness (QED) is 0.839. The molecule has 0 amide bonds. The third-order valence-corrected chi connectivity index (χ3v) is 2.45. The average molecular weight is 251 g/mol. The van der Waals surface area contributed by atoms with Gasteiger partial charge in [0.2, 0.25) is 5.89 Å². The summed E-state index contributed by atoms with van der Waals surface area (Å²) in [7, 11) is 0. The van der Waals surface area contributed by atoms with Gasteiger partial charge < -0.3 is 14.9 Å². The number of aliphatic hydroxyl groups is 1. The number of nitrogens with one attached hydrogen (secondary N) is 1. The van der Waals surface area contributed by atoms with Crippen LogP contribution in [0.25, 0.3) is 0 Å². The highest BCUT2D eigenvalue weighted by Crippen LogP contribution is 2.15. The van der Waals surface area contributed by atoms with Gasteiger partial charge in [-0.1, -0.05) is 23.4 Å². The molecule has 0 fully saturated rings. The lowest BCUT2D eigenvalue weighted by Crippen LogP contribution is -2.21. The van der Waals surface area contributed by atoms with Crippen molar-refractivity contribution in [2.24, 2.45) is 0 Å². The Morgan fingerprint density at radius 2 is 2.22 bits per heavy atom. The molecule has 1 aromatic carbocycles. The Kier molecular flexibility index (Phi) is 4.01. The van der Waals surface area contributed by atoms with Crippen molar-refractivity contribution in [1.29, 1.82) is 0 Å². The lowest BCUT2D eigenvalue weighted by Gasteiger charge is -2.11. The molecule has 0 aliphatic carbocycles. The molecule has 2 aromatic rings. The minimum Gasteiger partial charge on any atom is -0.387 e. The standard InChI is InChI=1S/C12H14FN3O2/c1-8-15-12(18-16-8)7-14-6-11(17)9-4-2-3-5-10(9)13/h2-5,11,14,17H,6-7H2,1H3. The first kappa shape index (κ1) is 12.7. The molecule has 1 aromatic heterocycles. The summed E-state index contributed by atoms with van der Waals surface area (Å²) in [4.78, 5) is 4.00. The van der Waals surface area contributed by atoms with Gasteiger partial charge in [-0.15, -0.1) is 0 Å². The Hall–Kier alpha value is -1.79. The van der Waals surface area contributed by atoms with E-state index in [1.165, 1.54) is 6.07 Å². The lowest BCUT2D eigenvalue weighted by molar-refractivity contribution is 0.168. The van der Waals surface area contributed by atoms with Crippen LogP contribution in [-0.4, -0.2) is 21.8 Å². The molecule has 0 spiro atoms. The van der Waals surface area contributed by atoms with Crippen molar-refractivity contribution in [2.75, 3.05) is 6.54 Å². The highest BCUT2D eigenvalue weighted by atomic mass is 19.1. The van der Waals surface area contributed by atoms with Crippen LogP contribution in [0.3, 0.4) is 0 Å². The first-order chi connectivity index (χ1) is 8.66. The number of aromatic nitrogens is 2. The van der Waals surface area contributed by atoms with Gasteiger partial charge in [0.25, 0.3) is 0 Å². The van der Waals surface area contributed by atoms with Crippen molar-refractivity contribution in [1.82, 2.24) is 15.5 Å². The molecule has 18 heavy (non-hydrogen) atoms. The molecule has 0 aliphatic rings. The minimum absolute atomic E-state index is 0.211. The van der Waals surface area contributed by atoms with E-state index in [0.29, 0.717) is 18.3 Å². The van der Waals surface area contributed by atoms with E-state index in [1.807, 2.05) is 0 Å². The fourth-order valence-corrected chi connectivity index (χ4v) is 1.58. The minimum atomic E-state index is -0.907. The van der Waals surface area contributed by atoms with E-state index in [9.17, 15) is 9.50 Å². The summed E-state index contributed by atoms with van der Waals surface area (Å²) in [6.45, 7) is 2.27. The summed E-state index contributed by atoms with van der Waals surface area (Å²) >= 11 is 0. The zero-order chi connectivity index (χ0) is 13.0. The number of rotatable bonds is 5. The molecule has 1 unspecified atom stereocenters. The van der Waals surface area contributed by atoms with Crippen LogP contribution < -0.4 is 5.32 Å². The molecule has 0 radical (unpaired) electrons. The van der Waals surface area contributed by atoms with Crippen LogP contribution in [0.15, 0.2) is 28.8 Å². The summed E-state index contributed by atoms with van der Waals surface area (Å²) in [5.74, 6) is 0.579. The molecule has 0 aliphatic heterocycles. The van der Waals surface area contributed by atoms with E-state index < -0.39 is 11.9 Å². The van der Waals surface area contributed by atoms with Crippen molar-refractivity contribution in [3.63, 3.8) is 0 Å². The lowest BCUT2D eigenvalue weighted by atomic mass is 10.1. The van der Waals surface area contributed by atoms with Crippen molar-refractivity contribution >= 4 is 0 Å². The van der Waals surface area contributed by atoms with Crippen LogP contribution >= 0.6 is 0 Å². The van der Waals surface area contributed by atoms with E-state index in [-0.39, 0.29) is 12.1 Å². The van der Waals surface area contributed by atoms with Gasteiger partial charge in [0.1, 0.15) is 5.82 Å². The Balaban J connectivity index is 1.85. The fourth-order valence-electron chi connectivity index (χ4n) is 1.58. The van der Waals surface area contributed by atoms with Gasteiger partial charge in [0.05, 0.1) is 12.6 Å². The van der Waals surface area contributed by atoms with Gasteiger partial charge >= 0.3 is 0 Å². The van der Waals surface area contributed by atoms with E-state index in [1.54, 1.807) is 25.1 Å². The fraction of sp³-hybridized carbons (Fsp3) is 0.333. The molecule has 0 bridgehead atoms. The SMILES string of the molecule is Cc1noc(CNCC(O)c2ccccc2F)n1. The number of nitrogens with zero attached hydrogens (tertiary/aromatic N) is 2. The van der Waals surface area contributed by atoms with Crippen molar-refractivity contribution in [2.45, 2.75) is 19.6 Å². The van der Waals surface area contributed by atoms with E-state index in [0.717, 1.165) is 0 Å². The van der Waals surface area contributed by atoms with Crippen LogP contribution in [-0.2, 0) is 6.54 Å². The molecule has 2 rings (SSSR count). The first-order valence-electron chi connectivity index (χ1n) is 5.59. The maximum Gasteiger partial charge on any atom is 0.240 e. The van der Waals surface area contributed by atoms with Crippen molar-refractivity contribution < 1.29 is 14.0 Å². The topological polar surface area (TPSA) is 71.2 Å². The monoisotopic (exact) mass is 251 g/mol. The van der Waals surface area contributed by atoms with E-state index >= 15 is 0 Å². The predicted octanol–water partition coefficient (Wildman–Crippen LogP) is 1.34. The molecule has 2 N–H and O–H groups in total. The Morgan fingerprint density at radius 3 is 2.89 bits per heavy atom. The predicted molar refractivity (Wildman–Crippen MR) is 62.1 cm³/mol. The first-order valence-corrected chi connectivity index (χ1v) is 5.59. The Morgan fingerprint density at radius 1 is 1.44 bits per heavy atom. The number of aliphatic hydroxyl groups excluding tert-OH is 1. The van der Waals surface area contributed by atoms with E-state index in [2.05, 4.69) is 15.5 Å². The number of hydrogen-bond acceptors (Lipinski definition) is 5. The number of hydrogen-bond donors (Lipinski definition) is 2. The van der Waals surface area contributed by atoms with Crippen LogP contribution in [0.1, 0.15) is 23.4 Å². The molecule has 1 atom stereocenters. The zero-order valence-corrected chi connectivity index (χ0v) is 9.93. The van der Waals surface area contributed by atoms with Gasteiger partial charge in [-0.25, -0.2) is 4.39 Å². The molecule has 96 valence electrons. The van der Waals surface area contributed by atoms with Crippen molar-refractivity contribution in [3.8, 4) is 0 Å². The molecule has 6 heteroatoms. The highest BCUT2D eigenvalue weighted by molar-refractivity contribution is 5.19. The van der Waals surface area contributed by atoms with Gasteiger partial charge in [-0.3, -0.25) is 0 Å². The molecule has 0 saturated carbocycles. The summed E-state index contributed by atoms with van der Waals surface area (Å²) in [6, 6.07) is 6.14. The summed E-state index contributed by atoms with van der Waals surface area (Å²) in [5, 5.41) is 16.4. The summed E-state index contributed by atoms with van der Waals surface area (Å²) < 4.78 is 18.3. The Labute approximate surface area is 104 Å². The normalized spacial score (nSPS) is 12.6. The molecular weight excluding hydrogens is 237 g/mol. The largest absolute Gasteiger partial charge is 0.387 e. The summed E-state index contributed by atoms with van der Waals surface area (Å²) in [6.07, 6.45) is -0.907. The smallest absolute Gasteiger partial charge is 0.240 e. The Bertz CT molecular complexity index is 516. The van der Waals surface area contributed by atoms with Gasteiger partial charge in [0.15, 0.2) is 5.82 Å². The van der Waals surface area contributed by atoms with Crippen LogP contribution in [0, 0.1) is 12.7 Å². The van der Waals surface area contributed by atoms with Gasteiger partial charge in [-0.2, -0.15) is 4.98 Å². The summed E-state index contributed by atoms with van der Waals surface area (Å²) in [5.41, 5.74) is 0.270. The third kappa shape index (κ3) is 3.12. The van der Waals surface area contributed by atoms with Gasteiger partial charge in [-0.05, 0) is 13.0 Å². The molecule has 0 saturated heterocycles. The average Bonchev–Trinajstić information content (AvgIpc) is 2.75. The molecule has 1 heterocycles. The number of halogens is 1. The second kappa shape index (κ2) is 5.70. The van der Waals surface area contributed by atoms with Gasteiger partial charge in [0, 0.05) is 12.1 Å². The third-order valence-electron chi connectivity index (χ3n) is 2.45. The maximum atomic E-state index is 13.4. The van der Waals surface area contributed by atoms with Crippen molar-refractivity contribution in [3.05, 3.63) is 47.4 Å². The highest BCUT2D eigenvalue weighted by Gasteiger charge is 2.12. The molecule has 5 nitrogen and oxygen atoms in total.